The maximum atomic E-state index is 13.0. The van der Waals surface area contributed by atoms with Gasteiger partial charge in [0, 0.05) is 6.07 Å². The Labute approximate surface area is 69.6 Å². The summed E-state index contributed by atoms with van der Waals surface area (Å²) in [6.45, 7) is 1.75. The molecule has 0 spiro atoms. The molecule has 0 bridgehead atoms. The minimum absolute atomic E-state index is 0.245. The highest BCUT2D eigenvalue weighted by Gasteiger charge is 2.24. The number of hydrogen-bond donors (Lipinski definition) is 0. The van der Waals surface area contributed by atoms with Crippen molar-refractivity contribution in [1.82, 2.24) is 0 Å². The maximum Gasteiger partial charge on any atom is 0.334 e. The van der Waals surface area contributed by atoms with Crippen LogP contribution in [0, 0.1) is 11.6 Å². The van der Waals surface area contributed by atoms with E-state index in [2.05, 4.69) is 0 Å². The molecule has 0 saturated carbocycles. The van der Waals surface area contributed by atoms with E-state index in [1.165, 1.54) is 13.5 Å². The molecule has 1 aliphatic heterocycles. The summed E-state index contributed by atoms with van der Waals surface area (Å²) in [4.78, 5) is 0. The Hall–Kier alpha value is -0.895. The monoisotopic (exact) mass is 167 g/mol. The molecule has 2 rings (SSSR count). The van der Waals surface area contributed by atoms with Crippen molar-refractivity contribution < 1.29 is 13.4 Å². The van der Waals surface area contributed by atoms with Gasteiger partial charge in [-0.2, -0.15) is 0 Å². The molecule has 4 heteroatoms. The van der Waals surface area contributed by atoms with Crippen LogP contribution in [-0.4, -0.2) is 7.48 Å². The molecular formula is C8H6BF2O. The van der Waals surface area contributed by atoms with Gasteiger partial charge in [-0.05, 0) is 24.0 Å². The van der Waals surface area contributed by atoms with Gasteiger partial charge in [-0.1, -0.05) is 0 Å². The second-order valence-electron chi connectivity index (χ2n) is 2.79. The molecule has 1 aromatic rings. The lowest BCUT2D eigenvalue weighted by Gasteiger charge is -2.04. The van der Waals surface area contributed by atoms with Gasteiger partial charge in [0.05, 0.1) is 6.10 Å². The van der Waals surface area contributed by atoms with Gasteiger partial charge >= 0.3 is 7.48 Å². The molecule has 1 unspecified atom stereocenters. The minimum atomic E-state index is -0.561. The highest BCUT2D eigenvalue weighted by atomic mass is 19.1. The highest BCUT2D eigenvalue weighted by molar-refractivity contribution is 6.49. The molecule has 1 radical (unpaired) electrons. The molecule has 1 aliphatic rings. The molecule has 0 N–H and O–H groups in total. The van der Waals surface area contributed by atoms with Crippen LogP contribution in [0.25, 0.3) is 0 Å². The molecule has 0 saturated heterocycles. The number of halogens is 2. The fraction of sp³-hybridized carbons (Fsp3) is 0.250. The Bertz CT molecular complexity index is 327. The van der Waals surface area contributed by atoms with Crippen LogP contribution in [0.3, 0.4) is 0 Å². The van der Waals surface area contributed by atoms with Crippen LogP contribution in [0.15, 0.2) is 12.1 Å². The first-order chi connectivity index (χ1) is 5.68. The third kappa shape index (κ3) is 1.03. The van der Waals surface area contributed by atoms with Crippen LogP contribution < -0.4 is 5.46 Å². The van der Waals surface area contributed by atoms with Gasteiger partial charge in [0.1, 0.15) is 11.6 Å². The van der Waals surface area contributed by atoms with Crippen molar-refractivity contribution >= 4 is 12.9 Å². The molecule has 1 atom stereocenters. The average molecular weight is 167 g/mol. The fourth-order valence-electron chi connectivity index (χ4n) is 1.31. The van der Waals surface area contributed by atoms with E-state index in [0.29, 0.717) is 11.0 Å². The van der Waals surface area contributed by atoms with Gasteiger partial charge in [0.15, 0.2) is 0 Å². The number of hydrogen-bond acceptors (Lipinski definition) is 1. The van der Waals surface area contributed by atoms with Crippen LogP contribution >= 0.6 is 0 Å². The van der Waals surface area contributed by atoms with Gasteiger partial charge in [0.2, 0.25) is 0 Å². The molecule has 0 aliphatic carbocycles. The fourth-order valence-corrected chi connectivity index (χ4v) is 1.31. The van der Waals surface area contributed by atoms with E-state index in [1.807, 2.05) is 0 Å². The van der Waals surface area contributed by atoms with Crippen molar-refractivity contribution in [3.8, 4) is 0 Å². The Morgan fingerprint density at radius 2 is 2.17 bits per heavy atom. The van der Waals surface area contributed by atoms with Crippen molar-refractivity contribution in [3.63, 3.8) is 0 Å². The quantitative estimate of drug-likeness (QED) is 0.529. The van der Waals surface area contributed by atoms with E-state index in [4.69, 9.17) is 4.65 Å². The van der Waals surface area contributed by atoms with Crippen LogP contribution in [0.4, 0.5) is 8.78 Å². The summed E-state index contributed by atoms with van der Waals surface area (Å²) < 4.78 is 30.7. The molecule has 0 aromatic heterocycles. The zero-order chi connectivity index (χ0) is 8.72. The molecule has 1 heterocycles. The van der Waals surface area contributed by atoms with E-state index in [-0.39, 0.29) is 6.10 Å². The van der Waals surface area contributed by atoms with Crippen LogP contribution in [0.5, 0.6) is 0 Å². The smallest absolute Gasteiger partial charge is 0.334 e. The molecule has 1 nitrogen and oxygen atoms in total. The lowest BCUT2D eigenvalue weighted by Crippen LogP contribution is -2.16. The van der Waals surface area contributed by atoms with Crippen LogP contribution in [0.2, 0.25) is 0 Å². The third-order valence-corrected chi connectivity index (χ3v) is 1.95. The molecule has 1 aromatic carbocycles. The van der Waals surface area contributed by atoms with E-state index in [0.717, 1.165) is 6.07 Å². The Balaban J connectivity index is 2.60. The van der Waals surface area contributed by atoms with Gasteiger partial charge in [-0.25, -0.2) is 8.78 Å². The largest absolute Gasteiger partial charge is 0.428 e. The van der Waals surface area contributed by atoms with E-state index < -0.39 is 11.6 Å². The number of rotatable bonds is 0. The Kier molecular flexibility index (Phi) is 1.65. The summed E-state index contributed by atoms with van der Waals surface area (Å²) in [7, 11) is 1.33. The number of benzene rings is 1. The lowest BCUT2D eigenvalue weighted by molar-refractivity contribution is 0.257. The van der Waals surface area contributed by atoms with Gasteiger partial charge < -0.3 is 4.65 Å². The normalized spacial score (nSPS) is 20.4. The second-order valence-corrected chi connectivity index (χ2v) is 2.79. The van der Waals surface area contributed by atoms with E-state index in [9.17, 15) is 8.78 Å². The summed E-state index contributed by atoms with van der Waals surface area (Å²) in [5.41, 5.74) is 0.941. The zero-order valence-corrected chi connectivity index (χ0v) is 6.47. The van der Waals surface area contributed by atoms with Crippen molar-refractivity contribution in [2.45, 2.75) is 13.0 Å². The van der Waals surface area contributed by atoms with Crippen molar-refractivity contribution in [3.05, 3.63) is 29.3 Å². The summed E-state index contributed by atoms with van der Waals surface area (Å²) in [6.07, 6.45) is -0.245. The third-order valence-electron chi connectivity index (χ3n) is 1.95. The summed E-state index contributed by atoms with van der Waals surface area (Å²) in [5.74, 6) is -1.12. The highest BCUT2D eigenvalue weighted by Crippen LogP contribution is 2.21. The van der Waals surface area contributed by atoms with E-state index in [1.54, 1.807) is 6.92 Å². The topological polar surface area (TPSA) is 9.23 Å². The Morgan fingerprint density at radius 3 is 2.92 bits per heavy atom. The molecule has 12 heavy (non-hydrogen) atoms. The van der Waals surface area contributed by atoms with Gasteiger partial charge in [-0.15, -0.1) is 0 Å². The van der Waals surface area contributed by atoms with Crippen LogP contribution in [-0.2, 0) is 4.65 Å². The standard InChI is InChI=1S/C8H6BF2O/c1-4-6-2-5(10)3-7(11)8(6)9-12-4/h2-4H,1H3. The first-order valence-corrected chi connectivity index (χ1v) is 3.66. The summed E-state index contributed by atoms with van der Waals surface area (Å²) in [5, 5.41) is 0. The van der Waals surface area contributed by atoms with E-state index >= 15 is 0 Å². The SMILES string of the molecule is CC1O[B]c2c(F)cc(F)cc21. The first kappa shape index (κ1) is 7.74. The summed E-state index contributed by atoms with van der Waals surface area (Å²) >= 11 is 0. The van der Waals surface area contributed by atoms with Crippen molar-refractivity contribution in [2.24, 2.45) is 0 Å². The number of fused-ring (bicyclic) bond motifs is 1. The van der Waals surface area contributed by atoms with Crippen molar-refractivity contribution in [1.29, 1.82) is 0 Å². The van der Waals surface area contributed by atoms with Crippen molar-refractivity contribution in [2.75, 3.05) is 0 Å². The zero-order valence-electron chi connectivity index (χ0n) is 6.47. The lowest BCUT2D eigenvalue weighted by atomic mass is 9.86. The molecule has 0 fully saturated rings. The van der Waals surface area contributed by atoms with Crippen LogP contribution in [0.1, 0.15) is 18.6 Å². The van der Waals surface area contributed by atoms with Gasteiger partial charge in [-0.3, -0.25) is 0 Å². The van der Waals surface area contributed by atoms with Gasteiger partial charge in [0.25, 0.3) is 0 Å². The molecular weight excluding hydrogens is 161 g/mol. The molecule has 61 valence electrons. The first-order valence-electron chi connectivity index (χ1n) is 3.66. The molecule has 0 amide bonds. The summed E-state index contributed by atoms with van der Waals surface area (Å²) in [6, 6.07) is 2.16. The minimum Gasteiger partial charge on any atom is -0.428 e. The maximum absolute atomic E-state index is 13.0. The second kappa shape index (κ2) is 2.56. The Morgan fingerprint density at radius 1 is 1.42 bits per heavy atom. The predicted molar refractivity (Wildman–Crippen MR) is 41.2 cm³/mol. The predicted octanol–water partition coefficient (Wildman–Crippen LogP) is 1.30. The average Bonchev–Trinajstić information content (AvgIpc) is 2.33.